The molecule has 0 radical (unpaired) electrons. The molecule has 0 unspecified atom stereocenters. The molecule has 1 aromatic heterocycles. The Morgan fingerprint density at radius 2 is 2.06 bits per heavy atom. The Balaban J connectivity index is 1.85. The van der Waals surface area contributed by atoms with Crippen LogP contribution in [0.1, 0.15) is 26.7 Å². The average molecular weight is 486 g/mol. The minimum atomic E-state index is -0.504. The van der Waals surface area contributed by atoms with Gasteiger partial charge in [0.2, 0.25) is 5.91 Å². The van der Waals surface area contributed by atoms with Crippen molar-refractivity contribution in [2.24, 2.45) is 0 Å². The zero-order chi connectivity index (χ0) is 24.5. The molecular formula is C25H29ClFN5O2. The lowest BCUT2D eigenvalue weighted by Gasteiger charge is -2.15. The number of amides is 1. The van der Waals surface area contributed by atoms with E-state index in [4.69, 9.17) is 16.3 Å². The van der Waals surface area contributed by atoms with Gasteiger partial charge in [-0.2, -0.15) is 0 Å². The Labute approximate surface area is 204 Å². The van der Waals surface area contributed by atoms with Gasteiger partial charge in [-0.1, -0.05) is 31.0 Å². The summed E-state index contributed by atoms with van der Waals surface area (Å²) < 4.78 is 19.3. The molecule has 3 rings (SSSR count). The van der Waals surface area contributed by atoms with E-state index in [9.17, 15) is 9.18 Å². The van der Waals surface area contributed by atoms with Crippen LogP contribution in [0.4, 0.5) is 21.6 Å². The van der Waals surface area contributed by atoms with Gasteiger partial charge in [0.1, 0.15) is 23.7 Å². The van der Waals surface area contributed by atoms with E-state index in [0.717, 1.165) is 19.4 Å². The molecule has 0 saturated heterocycles. The molecule has 0 fully saturated rings. The first kappa shape index (κ1) is 25.4. The molecule has 34 heavy (non-hydrogen) atoms. The standard InChI is InChI=1S/C25H29ClFN5O2/c1-4-6-11-32(3)12-7-8-24(33)31-22-14-18-21(15-23(22)34-5-2)28-16-29-25(18)30-17-9-10-20(27)19(26)13-17/h7-10,13-16H,4-6,11-12H2,1-3H3,(H,31,33)(H,28,29,30)/b8-7+. The minimum Gasteiger partial charge on any atom is -0.492 e. The number of benzene rings is 2. The summed E-state index contributed by atoms with van der Waals surface area (Å²) >= 11 is 5.90. The predicted molar refractivity (Wildman–Crippen MR) is 136 cm³/mol. The lowest BCUT2D eigenvalue weighted by molar-refractivity contribution is -0.111. The number of rotatable bonds is 11. The second-order valence-electron chi connectivity index (χ2n) is 7.78. The Morgan fingerprint density at radius 1 is 1.24 bits per heavy atom. The van der Waals surface area contributed by atoms with E-state index in [2.05, 4.69) is 32.4 Å². The molecule has 7 nitrogen and oxygen atoms in total. The van der Waals surface area contributed by atoms with E-state index < -0.39 is 5.82 Å². The van der Waals surface area contributed by atoms with Crippen molar-refractivity contribution in [1.29, 1.82) is 0 Å². The third kappa shape index (κ3) is 6.88. The zero-order valence-electron chi connectivity index (χ0n) is 19.6. The quantitative estimate of drug-likeness (QED) is 0.334. The Hall–Kier alpha value is -3.23. The second-order valence-corrected chi connectivity index (χ2v) is 8.19. The maximum absolute atomic E-state index is 13.5. The van der Waals surface area contributed by atoms with Crippen molar-refractivity contribution in [3.05, 3.63) is 59.7 Å². The molecule has 0 aliphatic carbocycles. The van der Waals surface area contributed by atoms with Crippen LogP contribution in [0.5, 0.6) is 5.75 Å². The molecule has 3 aromatic rings. The fourth-order valence-corrected chi connectivity index (χ4v) is 3.48. The van der Waals surface area contributed by atoms with Crippen LogP contribution < -0.4 is 15.4 Å². The van der Waals surface area contributed by atoms with E-state index in [-0.39, 0.29) is 10.9 Å². The van der Waals surface area contributed by atoms with Crippen LogP contribution in [0.2, 0.25) is 5.02 Å². The molecule has 0 aliphatic rings. The van der Waals surface area contributed by atoms with Crippen LogP contribution in [0.3, 0.4) is 0 Å². The first-order valence-corrected chi connectivity index (χ1v) is 11.6. The summed E-state index contributed by atoms with van der Waals surface area (Å²) in [6.07, 6.45) is 7.02. The number of ether oxygens (including phenoxy) is 1. The average Bonchev–Trinajstić information content (AvgIpc) is 2.81. The normalized spacial score (nSPS) is 11.4. The summed E-state index contributed by atoms with van der Waals surface area (Å²) in [5.41, 5.74) is 1.69. The summed E-state index contributed by atoms with van der Waals surface area (Å²) in [7, 11) is 2.03. The summed E-state index contributed by atoms with van der Waals surface area (Å²) in [5, 5.41) is 6.68. The SMILES string of the molecule is CCCCN(C)C/C=C/C(=O)Nc1cc2c(Nc3ccc(F)c(Cl)c3)ncnc2cc1OCC. The fourth-order valence-electron chi connectivity index (χ4n) is 3.30. The smallest absolute Gasteiger partial charge is 0.248 e. The second kappa shape index (κ2) is 12.3. The number of carbonyl (C=O) groups excluding carboxylic acids is 1. The molecule has 9 heteroatoms. The summed E-state index contributed by atoms with van der Waals surface area (Å²) in [6.45, 7) is 6.11. The molecular weight excluding hydrogens is 457 g/mol. The number of likely N-dealkylation sites (N-methyl/N-ethyl adjacent to an activating group) is 1. The molecule has 0 atom stereocenters. The van der Waals surface area contributed by atoms with Gasteiger partial charge in [0, 0.05) is 29.8 Å². The van der Waals surface area contributed by atoms with Crippen molar-refractivity contribution < 1.29 is 13.9 Å². The van der Waals surface area contributed by atoms with Gasteiger partial charge in [0.05, 0.1) is 22.8 Å². The maximum Gasteiger partial charge on any atom is 0.248 e. The number of anilines is 3. The number of hydrogen-bond donors (Lipinski definition) is 2. The minimum absolute atomic E-state index is 0.00192. The Kier molecular flexibility index (Phi) is 9.18. The van der Waals surface area contributed by atoms with E-state index >= 15 is 0 Å². The van der Waals surface area contributed by atoms with E-state index in [1.54, 1.807) is 18.2 Å². The Morgan fingerprint density at radius 3 is 2.79 bits per heavy atom. The highest BCUT2D eigenvalue weighted by Crippen LogP contribution is 2.33. The zero-order valence-corrected chi connectivity index (χ0v) is 20.3. The monoisotopic (exact) mass is 485 g/mol. The van der Waals surface area contributed by atoms with Crippen molar-refractivity contribution >= 4 is 45.6 Å². The highest BCUT2D eigenvalue weighted by atomic mass is 35.5. The molecule has 0 spiro atoms. The molecule has 0 saturated carbocycles. The van der Waals surface area contributed by atoms with Crippen LogP contribution >= 0.6 is 11.6 Å². The van der Waals surface area contributed by atoms with E-state index in [1.165, 1.54) is 24.5 Å². The fraction of sp³-hybridized carbons (Fsp3) is 0.320. The summed E-state index contributed by atoms with van der Waals surface area (Å²) in [6, 6.07) is 7.83. The molecule has 1 heterocycles. The Bertz CT molecular complexity index is 1170. The van der Waals surface area contributed by atoms with Crippen LogP contribution in [-0.4, -0.2) is 47.5 Å². The molecule has 0 aliphatic heterocycles. The number of nitrogens with zero attached hydrogens (tertiary/aromatic N) is 3. The van der Waals surface area contributed by atoms with Gasteiger partial charge in [-0.05, 0) is 51.2 Å². The first-order valence-electron chi connectivity index (χ1n) is 11.2. The predicted octanol–water partition coefficient (Wildman–Crippen LogP) is 5.79. The van der Waals surface area contributed by atoms with Crippen LogP contribution in [-0.2, 0) is 4.79 Å². The lowest BCUT2D eigenvalue weighted by Crippen LogP contribution is -2.20. The maximum atomic E-state index is 13.5. The van der Waals surface area contributed by atoms with Gasteiger partial charge in [-0.15, -0.1) is 0 Å². The molecule has 2 aromatic carbocycles. The number of halogens is 2. The van der Waals surface area contributed by atoms with Crippen molar-refractivity contribution in [2.45, 2.75) is 26.7 Å². The van der Waals surface area contributed by atoms with E-state index in [1.807, 2.05) is 20.0 Å². The van der Waals surface area contributed by atoms with E-state index in [0.29, 0.717) is 47.0 Å². The van der Waals surface area contributed by atoms with Gasteiger partial charge >= 0.3 is 0 Å². The van der Waals surface area contributed by atoms with Crippen molar-refractivity contribution in [2.75, 3.05) is 37.4 Å². The van der Waals surface area contributed by atoms with Gasteiger partial charge in [-0.25, -0.2) is 14.4 Å². The van der Waals surface area contributed by atoms with Crippen LogP contribution in [0.25, 0.3) is 10.9 Å². The highest BCUT2D eigenvalue weighted by Gasteiger charge is 2.13. The number of aromatic nitrogens is 2. The largest absolute Gasteiger partial charge is 0.492 e. The molecule has 2 N–H and O–H groups in total. The molecule has 180 valence electrons. The van der Waals surface area contributed by atoms with Gasteiger partial charge in [-0.3, -0.25) is 4.79 Å². The van der Waals surface area contributed by atoms with Gasteiger partial charge < -0.3 is 20.3 Å². The number of hydrogen-bond acceptors (Lipinski definition) is 6. The molecule has 0 bridgehead atoms. The number of unbranched alkanes of at least 4 members (excludes halogenated alkanes) is 1. The number of fused-ring (bicyclic) bond motifs is 1. The van der Waals surface area contributed by atoms with Gasteiger partial charge in [0.15, 0.2) is 0 Å². The number of nitrogens with one attached hydrogen (secondary N) is 2. The van der Waals surface area contributed by atoms with Crippen molar-refractivity contribution in [3.63, 3.8) is 0 Å². The topological polar surface area (TPSA) is 79.4 Å². The third-order valence-electron chi connectivity index (χ3n) is 5.06. The van der Waals surface area contributed by atoms with Crippen molar-refractivity contribution in [1.82, 2.24) is 14.9 Å². The summed E-state index contributed by atoms with van der Waals surface area (Å²) in [4.78, 5) is 23.4. The third-order valence-corrected chi connectivity index (χ3v) is 5.35. The summed E-state index contributed by atoms with van der Waals surface area (Å²) in [5.74, 6) is 0.224. The lowest BCUT2D eigenvalue weighted by atomic mass is 10.1. The van der Waals surface area contributed by atoms with Gasteiger partial charge in [0.25, 0.3) is 0 Å². The highest BCUT2D eigenvalue weighted by molar-refractivity contribution is 6.31. The van der Waals surface area contributed by atoms with Crippen molar-refractivity contribution in [3.8, 4) is 5.75 Å². The van der Waals surface area contributed by atoms with Crippen LogP contribution in [0.15, 0.2) is 48.8 Å². The van der Waals surface area contributed by atoms with Crippen LogP contribution in [0, 0.1) is 5.82 Å². The number of carbonyl (C=O) groups is 1. The molecule has 1 amide bonds. The first-order chi connectivity index (χ1) is 16.4.